The predicted octanol–water partition coefficient (Wildman–Crippen LogP) is 9.85. The van der Waals surface area contributed by atoms with Gasteiger partial charge in [0.2, 0.25) is 0 Å². The minimum absolute atomic E-state index is 0.0218. The fourth-order valence-corrected chi connectivity index (χ4v) is 10.6. The quantitative estimate of drug-likeness (QED) is 0.0737. The Hall–Kier alpha value is -4.08. The van der Waals surface area contributed by atoms with Crippen LogP contribution in [0.2, 0.25) is 0 Å². The fourth-order valence-electron chi connectivity index (χ4n) is 10.6. The highest BCUT2D eigenvalue weighted by atomic mass is 16.6. The van der Waals surface area contributed by atoms with Crippen LogP contribution in [-0.2, 0) is 25.5 Å². The number of benzene rings is 2. The van der Waals surface area contributed by atoms with E-state index in [2.05, 4.69) is 64.1 Å². The SMILES string of the molecule is CCCCC(C)(C)C/C=C/[C@H]1CCC(=O)[C@@H]1C/C=C\CC(CC(=O)O)(OC(=O)c1ccccc1)C(O)(O)C(=O)O.C[C@@]12CCC[C@H]1[C@@H]1CCc3ccccc3[C@H]1CC2. The largest absolute Gasteiger partial charge is 0.481 e. The number of carbonyl (C=O) groups excluding carboxylic acids is 2. The van der Waals surface area contributed by atoms with Gasteiger partial charge in [-0.25, -0.2) is 9.59 Å². The topological polar surface area (TPSA) is 158 Å². The summed E-state index contributed by atoms with van der Waals surface area (Å²) < 4.78 is 5.26. The maximum absolute atomic E-state index is 12.8. The summed E-state index contributed by atoms with van der Waals surface area (Å²) >= 11 is 0. The molecule has 0 saturated heterocycles. The van der Waals surface area contributed by atoms with Crippen LogP contribution in [0, 0.1) is 34.5 Å². The molecule has 2 aromatic carbocycles. The van der Waals surface area contributed by atoms with Crippen LogP contribution in [0.1, 0.15) is 151 Å². The van der Waals surface area contributed by atoms with Crippen molar-refractivity contribution in [2.24, 2.45) is 34.5 Å². The van der Waals surface area contributed by atoms with Crippen molar-refractivity contribution in [1.29, 1.82) is 0 Å². The number of Topliss-reactive ketones (excluding diaryl/α,β-unsaturated/α-hetero) is 1. The van der Waals surface area contributed by atoms with E-state index in [0.717, 1.165) is 49.9 Å². The van der Waals surface area contributed by atoms with Gasteiger partial charge in [0.25, 0.3) is 0 Å². The van der Waals surface area contributed by atoms with Gasteiger partial charge < -0.3 is 25.2 Å². The van der Waals surface area contributed by atoms with Crippen molar-refractivity contribution >= 4 is 23.7 Å². The van der Waals surface area contributed by atoms with Crippen molar-refractivity contribution in [3.8, 4) is 0 Å². The van der Waals surface area contributed by atoms with E-state index in [1.54, 1.807) is 23.3 Å². The van der Waals surface area contributed by atoms with Gasteiger partial charge in [0, 0.05) is 18.8 Å². The molecule has 0 heterocycles. The molecule has 2 aromatic rings. The smallest absolute Gasteiger partial charge is 0.368 e. The summed E-state index contributed by atoms with van der Waals surface area (Å²) in [6.45, 7) is 9.19. The van der Waals surface area contributed by atoms with Crippen LogP contribution < -0.4 is 0 Å². The number of aliphatic hydroxyl groups is 2. The molecule has 9 heteroatoms. The van der Waals surface area contributed by atoms with Crippen LogP contribution in [0.4, 0.5) is 0 Å². The predicted molar refractivity (Wildman–Crippen MR) is 224 cm³/mol. The Labute approximate surface area is 345 Å². The Bertz CT molecular complexity index is 1790. The van der Waals surface area contributed by atoms with E-state index >= 15 is 0 Å². The molecular formula is C49H66O9. The van der Waals surface area contributed by atoms with Crippen molar-refractivity contribution in [2.45, 2.75) is 148 Å². The third kappa shape index (κ3) is 10.6. The molecule has 0 amide bonds. The molecule has 4 N–H and O–H groups in total. The average molecular weight is 799 g/mol. The first-order valence-electron chi connectivity index (χ1n) is 21.6. The van der Waals surface area contributed by atoms with Crippen molar-refractivity contribution in [2.75, 3.05) is 0 Å². The Kier molecular flexibility index (Phi) is 15.0. The monoisotopic (exact) mass is 798 g/mol. The first-order valence-corrected chi connectivity index (χ1v) is 21.6. The first kappa shape index (κ1) is 45.0. The molecule has 0 bridgehead atoms. The molecule has 9 nitrogen and oxygen atoms in total. The average Bonchev–Trinajstić information content (AvgIpc) is 3.76. The van der Waals surface area contributed by atoms with Gasteiger partial charge in [-0.05, 0) is 122 Å². The number of aliphatic carboxylic acids is 2. The molecule has 316 valence electrons. The Morgan fingerprint density at radius 2 is 1.60 bits per heavy atom. The molecule has 7 atom stereocenters. The second-order valence-electron chi connectivity index (χ2n) is 18.6. The highest BCUT2D eigenvalue weighted by Gasteiger charge is 2.59. The van der Waals surface area contributed by atoms with Crippen molar-refractivity contribution < 1.29 is 44.3 Å². The number of allylic oxidation sites excluding steroid dienone is 3. The zero-order valence-electron chi connectivity index (χ0n) is 35.0. The van der Waals surface area contributed by atoms with Gasteiger partial charge in [-0.2, -0.15) is 0 Å². The first-order chi connectivity index (χ1) is 27.5. The summed E-state index contributed by atoms with van der Waals surface area (Å²) in [6.07, 6.45) is 21.3. The lowest BCUT2D eigenvalue weighted by atomic mass is 9.56. The van der Waals surface area contributed by atoms with Crippen LogP contribution in [0.3, 0.4) is 0 Å². The Morgan fingerprint density at radius 1 is 0.879 bits per heavy atom. The van der Waals surface area contributed by atoms with E-state index in [0.29, 0.717) is 18.3 Å². The lowest BCUT2D eigenvalue weighted by Crippen LogP contribution is -2.62. The minimum Gasteiger partial charge on any atom is -0.481 e. The number of carboxylic acids is 2. The molecule has 3 fully saturated rings. The number of ketones is 1. The molecular weight excluding hydrogens is 733 g/mol. The maximum Gasteiger partial charge on any atom is 0.368 e. The lowest BCUT2D eigenvalue weighted by molar-refractivity contribution is -0.271. The molecule has 0 aliphatic heterocycles. The van der Waals surface area contributed by atoms with E-state index in [1.807, 2.05) is 0 Å². The second kappa shape index (κ2) is 19.3. The number of rotatable bonds is 16. The van der Waals surface area contributed by atoms with Gasteiger partial charge in [0.15, 0.2) is 5.60 Å². The molecule has 0 spiro atoms. The van der Waals surface area contributed by atoms with Gasteiger partial charge in [-0.1, -0.05) is 114 Å². The van der Waals surface area contributed by atoms with Crippen LogP contribution >= 0.6 is 0 Å². The maximum atomic E-state index is 12.8. The van der Waals surface area contributed by atoms with E-state index in [4.69, 9.17) is 4.74 Å². The standard InChI is InChI=1S/C31H42O9.C18H24/c1-4-5-18-29(2,3)19-11-14-22-16-17-25(32)24(22)15-9-10-20-30(21-26(33)34,31(38,39)28(36)37)40-27(35)23-12-7-6-8-13-23;1-18-11-4-7-17(18)16-9-8-13-5-2-3-6-14(13)15(16)10-12-18/h6-14,22,24,38-39H,4-5,15-21H2,1-3H3,(H,33,34)(H,36,37);2-3,5-6,15-17H,4,7-12H2,1H3/b10-9-,14-11+;/t22-,24+,30?;15-,16-,17+,18+/m01/s1. The molecule has 3 saturated carbocycles. The zero-order valence-corrected chi connectivity index (χ0v) is 35.0. The van der Waals surface area contributed by atoms with Crippen LogP contribution in [0.15, 0.2) is 78.9 Å². The number of ether oxygens (including phenoxy) is 1. The number of aryl methyl sites for hydroxylation is 1. The van der Waals surface area contributed by atoms with E-state index in [9.17, 15) is 39.6 Å². The third-order valence-corrected chi connectivity index (χ3v) is 14.0. The van der Waals surface area contributed by atoms with Crippen molar-refractivity contribution in [3.05, 3.63) is 95.6 Å². The lowest BCUT2D eigenvalue weighted by Gasteiger charge is -2.49. The molecule has 0 radical (unpaired) electrons. The van der Waals surface area contributed by atoms with Gasteiger partial charge in [-0.15, -0.1) is 0 Å². The number of carbonyl (C=O) groups is 4. The number of unbranched alkanes of at least 4 members (excludes halogenated alkanes) is 1. The van der Waals surface area contributed by atoms with E-state index < -0.39 is 42.1 Å². The molecule has 0 aromatic heterocycles. The van der Waals surface area contributed by atoms with Crippen molar-refractivity contribution in [3.63, 3.8) is 0 Å². The minimum atomic E-state index is -3.71. The number of esters is 1. The third-order valence-electron chi connectivity index (χ3n) is 14.0. The van der Waals surface area contributed by atoms with Crippen LogP contribution in [0.5, 0.6) is 0 Å². The van der Waals surface area contributed by atoms with Gasteiger partial charge in [-0.3, -0.25) is 9.59 Å². The number of hydrogen-bond acceptors (Lipinski definition) is 7. The van der Waals surface area contributed by atoms with E-state index in [-0.39, 0.29) is 28.6 Å². The molecule has 58 heavy (non-hydrogen) atoms. The summed E-state index contributed by atoms with van der Waals surface area (Å²) in [5.74, 6) is -5.83. The van der Waals surface area contributed by atoms with Gasteiger partial charge in [0.05, 0.1) is 12.0 Å². The molecule has 1 unspecified atom stereocenters. The van der Waals surface area contributed by atoms with Crippen LogP contribution in [-0.4, -0.2) is 55.5 Å². The Balaban J connectivity index is 0.000000290. The van der Waals surface area contributed by atoms with Gasteiger partial charge in [0.1, 0.15) is 5.78 Å². The summed E-state index contributed by atoms with van der Waals surface area (Å²) in [5, 5.41) is 39.9. The van der Waals surface area contributed by atoms with Gasteiger partial charge >= 0.3 is 23.7 Å². The zero-order chi connectivity index (χ0) is 42.1. The number of fused-ring (bicyclic) bond motifs is 5. The normalized spacial score (nSPS) is 26.6. The second-order valence-corrected chi connectivity index (χ2v) is 18.6. The summed E-state index contributed by atoms with van der Waals surface area (Å²) in [4.78, 5) is 48.8. The van der Waals surface area contributed by atoms with Crippen molar-refractivity contribution in [1.82, 2.24) is 0 Å². The summed E-state index contributed by atoms with van der Waals surface area (Å²) in [7, 11) is 0. The Morgan fingerprint density at radius 3 is 2.31 bits per heavy atom. The van der Waals surface area contributed by atoms with E-state index in [1.165, 1.54) is 75.3 Å². The van der Waals surface area contributed by atoms with Crippen LogP contribution in [0.25, 0.3) is 0 Å². The molecule has 6 rings (SSSR count). The highest BCUT2D eigenvalue weighted by molar-refractivity contribution is 5.91. The summed E-state index contributed by atoms with van der Waals surface area (Å²) in [6, 6.07) is 16.7. The number of carboxylic acid groups (broad SMARTS) is 2. The summed E-state index contributed by atoms with van der Waals surface area (Å²) in [5.41, 5.74) is 1.47. The number of hydrogen-bond donors (Lipinski definition) is 4. The molecule has 4 aliphatic rings. The molecule has 4 aliphatic carbocycles. The highest BCUT2D eigenvalue weighted by Crippen LogP contribution is 2.60. The fraction of sp³-hybridized carbons (Fsp3) is 0.592.